The third kappa shape index (κ3) is 7.45. The fraction of sp³-hybridized carbons (Fsp3) is 0.179. The van der Waals surface area contributed by atoms with E-state index in [1.54, 1.807) is 24.3 Å². The molecule has 0 saturated carbocycles. The Morgan fingerprint density at radius 1 is 0.944 bits per heavy atom. The number of hydrogen-bond acceptors (Lipinski definition) is 7. The zero-order valence-electron chi connectivity index (χ0n) is 20.0. The summed E-state index contributed by atoms with van der Waals surface area (Å²) in [5, 5.41) is 11.9. The van der Waals surface area contributed by atoms with E-state index in [9.17, 15) is 14.9 Å². The van der Waals surface area contributed by atoms with Gasteiger partial charge in [0.2, 0.25) is 0 Å². The van der Waals surface area contributed by atoms with Crippen molar-refractivity contribution in [3.8, 4) is 34.4 Å². The Labute approximate surface area is 209 Å². The number of ether oxygens (including phenoxy) is 4. The molecule has 3 aromatic carbocycles. The van der Waals surface area contributed by atoms with E-state index in [-0.39, 0.29) is 30.2 Å². The van der Waals surface area contributed by atoms with Crippen molar-refractivity contribution in [2.24, 2.45) is 0 Å². The maximum atomic E-state index is 12.3. The van der Waals surface area contributed by atoms with E-state index < -0.39 is 11.9 Å². The molecule has 184 valence electrons. The van der Waals surface area contributed by atoms with Crippen LogP contribution in [0.4, 0.5) is 0 Å². The minimum atomic E-state index is -0.612. The maximum Gasteiger partial charge on any atom is 0.349 e. The summed E-state index contributed by atoms with van der Waals surface area (Å²) in [4.78, 5) is 24.5. The van der Waals surface area contributed by atoms with Crippen LogP contribution in [0.5, 0.6) is 17.2 Å². The van der Waals surface area contributed by atoms with E-state index in [1.165, 1.54) is 26.4 Å². The van der Waals surface area contributed by atoms with Crippen molar-refractivity contribution < 1.29 is 28.5 Å². The van der Waals surface area contributed by atoms with Gasteiger partial charge in [0.05, 0.1) is 13.7 Å². The average molecular weight is 487 g/mol. The first-order valence-electron chi connectivity index (χ1n) is 11.1. The standard InChI is InChI=1S/C28H26N2O6/c1-33-15-14-30-28(32)23(18-29)16-20-8-13-25(26(17-20)34-2)36-27(31)19-35-24-11-9-22(10-12-24)21-6-4-3-5-7-21/h3-13,16-17H,14-15,19H2,1-2H3,(H,30,32)/b23-16+. The van der Waals surface area contributed by atoms with Crippen LogP contribution in [0.1, 0.15) is 5.56 Å². The fourth-order valence-electron chi connectivity index (χ4n) is 3.20. The molecule has 0 saturated heterocycles. The molecule has 0 aliphatic rings. The fourth-order valence-corrected chi connectivity index (χ4v) is 3.20. The third-order valence-electron chi connectivity index (χ3n) is 5.00. The Morgan fingerprint density at radius 2 is 1.67 bits per heavy atom. The number of nitrogens with zero attached hydrogens (tertiary/aromatic N) is 1. The van der Waals surface area contributed by atoms with Gasteiger partial charge in [-0.05, 0) is 47.0 Å². The molecule has 0 radical (unpaired) electrons. The molecule has 0 spiro atoms. The van der Waals surface area contributed by atoms with Gasteiger partial charge in [-0.1, -0.05) is 48.5 Å². The number of carbonyl (C=O) groups is 2. The van der Waals surface area contributed by atoms with Gasteiger partial charge < -0.3 is 24.3 Å². The normalized spacial score (nSPS) is 10.8. The molecule has 1 amide bonds. The van der Waals surface area contributed by atoms with Crippen LogP contribution in [0.3, 0.4) is 0 Å². The lowest BCUT2D eigenvalue weighted by atomic mass is 10.1. The highest BCUT2D eigenvalue weighted by molar-refractivity contribution is 6.01. The molecule has 0 heterocycles. The lowest BCUT2D eigenvalue weighted by molar-refractivity contribution is -0.136. The predicted molar refractivity (Wildman–Crippen MR) is 134 cm³/mol. The van der Waals surface area contributed by atoms with Crippen LogP contribution in [-0.2, 0) is 14.3 Å². The van der Waals surface area contributed by atoms with E-state index in [0.717, 1.165) is 11.1 Å². The first kappa shape index (κ1) is 26.0. The second-order valence-corrected chi connectivity index (χ2v) is 7.48. The number of nitriles is 1. The minimum Gasteiger partial charge on any atom is -0.493 e. The molecule has 1 N–H and O–H groups in total. The smallest absolute Gasteiger partial charge is 0.349 e. The van der Waals surface area contributed by atoms with E-state index >= 15 is 0 Å². The molecule has 0 aromatic heterocycles. The maximum absolute atomic E-state index is 12.3. The molecule has 0 aliphatic carbocycles. The molecule has 0 bridgehead atoms. The van der Waals surface area contributed by atoms with Gasteiger partial charge in [0, 0.05) is 13.7 Å². The molecular weight excluding hydrogens is 460 g/mol. The molecule has 0 aliphatic heterocycles. The van der Waals surface area contributed by atoms with Gasteiger partial charge in [-0.2, -0.15) is 5.26 Å². The molecule has 8 nitrogen and oxygen atoms in total. The first-order chi connectivity index (χ1) is 17.5. The van der Waals surface area contributed by atoms with Gasteiger partial charge in [0.15, 0.2) is 18.1 Å². The monoisotopic (exact) mass is 486 g/mol. The Bertz CT molecular complexity index is 1250. The zero-order valence-corrected chi connectivity index (χ0v) is 20.0. The van der Waals surface area contributed by atoms with Crippen molar-refractivity contribution in [3.05, 3.63) is 83.9 Å². The molecule has 3 aromatic rings. The second-order valence-electron chi connectivity index (χ2n) is 7.48. The second kappa shape index (κ2) is 13.3. The molecule has 36 heavy (non-hydrogen) atoms. The van der Waals surface area contributed by atoms with Crippen LogP contribution in [0.25, 0.3) is 17.2 Å². The molecule has 3 rings (SSSR count). The van der Waals surface area contributed by atoms with Crippen molar-refractivity contribution in [2.45, 2.75) is 0 Å². The van der Waals surface area contributed by atoms with Crippen LogP contribution >= 0.6 is 0 Å². The van der Waals surface area contributed by atoms with E-state index in [4.69, 9.17) is 18.9 Å². The summed E-state index contributed by atoms with van der Waals surface area (Å²) in [5.41, 5.74) is 2.57. The van der Waals surface area contributed by atoms with Crippen molar-refractivity contribution in [3.63, 3.8) is 0 Å². The highest BCUT2D eigenvalue weighted by Gasteiger charge is 2.13. The largest absolute Gasteiger partial charge is 0.493 e. The summed E-state index contributed by atoms with van der Waals surface area (Å²) in [6, 6.07) is 23.9. The molecule has 0 fully saturated rings. The number of methoxy groups -OCH3 is 2. The van der Waals surface area contributed by atoms with Gasteiger partial charge in [-0.25, -0.2) is 4.79 Å². The topological polar surface area (TPSA) is 107 Å². The number of hydrogen-bond donors (Lipinski definition) is 1. The van der Waals surface area contributed by atoms with Gasteiger partial charge >= 0.3 is 5.97 Å². The number of esters is 1. The molecule has 8 heteroatoms. The van der Waals surface area contributed by atoms with Crippen LogP contribution in [0, 0.1) is 11.3 Å². The number of nitrogens with one attached hydrogen (secondary N) is 1. The zero-order chi connectivity index (χ0) is 25.8. The number of benzene rings is 3. The van der Waals surface area contributed by atoms with Gasteiger partial charge in [-0.3, -0.25) is 4.79 Å². The highest BCUT2D eigenvalue weighted by Crippen LogP contribution is 2.29. The van der Waals surface area contributed by atoms with E-state index in [1.807, 2.05) is 48.5 Å². The molecule has 0 unspecified atom stereocenters. The summed E-state index contributed by atoms with van der Waals surface area (Å²) >= 11 is 0. The lowest BCUT2D eigenvalue weighted by Gasteiger charge is -2.11. The minimum absolute atomic E-state index is 0.0791. The Hall–Kier alpha value is -4.61. The molecule has 0 atom stereocenters. The third-order valence-corrected chi connectivity index (χ3v) is 5.00. The van der Waals surface area contributed by atoms with E-state index in [2.05, 4.69) is 5.32 Å². The average Bonchev–Trinajstić information content (AvgIpc) is 2.92. The van der Waals surface area contributed by atoms with Gasteiger partial charge in [0.1, 0.15) is 17.4 Å². The van der Waals surface area contributed by atoms with Gasteiger partial charge in [-0.15, -0.1) is 0 Å². The summed E-state index contributed by atoms with van der Waals surface area (Å²) in [6.45, 7) is 0.322. The van der Waals surface area contributed by atoms with Crippen LogP contribution < -0.4 is 19.5 Å². The van der Waals surface area contributed by atoms with Crippen molar-refractivity contribution in [1.29, 1.82) is 5.26 Å². The quantitative estimate of drug-likeness (QED) is 0.143. The number of carbonyl (C=O) groups excluding carboxylic acids is 2. The van der Waals surface area contributed by atoms with Crippen molar-refractivity contribution in [2.75, 3.05) is 34.0 Å². The lowest BCUT2D eigenvalue weighted by Crippen LogP contribution is -2.27. The Kier molecular flexibility index (Phi) is 9.62. The summed E-state index contributed by atoms with van der Waals surface area (Å²) in [7, 11) is 2.94. The van der Waals surface area contributed by atoms with Gasteiger partial charge in [0.25, 0.3) is 5.91 Å². The predicted octanol–water partition coefficient (Wildman–Crippen LogP) is 4.02. The highest BCUT2D eigenvalue weighted by atomic mass is 16.6. The van der Waals surface area contributed by atoms with Crippen LogP contribution in [0.15, 0.2) is 78.4 Å². The Morgan fingerprint density at radius 3 is 2.33 bits per heavy atom. The number of rotatable bonds is 11. The number of amides is 1. The Balaban J connectivity index is 1.60. The summed E-state index contributed by atoms with van der Waals surface area (Å²) in [6.07, 6.45) is 1.42. The SMILES string of the molecule is COCCNC(=O)/C(C#N)=C/c1ccc(OC(=O)COc2ccc(-c3ccccc3)cc2)c(OC)c1. The molecular formula is C28H26N2O6. The van der Waals surface area contributed by atoms with Crippen LogP contribution in [-0.4, -0.2) is 45.9 Å². The van der Waals surface area contributed by atoms with E-state index in [0.29, 0.717) is 17.9 Å². The van der Waals surface area contributed by atoms with Crippen molar-refractivity contribution >= 4 is 18.0 Å². The summed E-state index contributed by atoms with van der Waals surface area (Å²) < 4.78 is 21.1. The summed E-state index contributed by atoms with van der Waals surface area (Å²) in [5.74, 6) is -0.143. The van der Waals surface area contributed by atoms with Crippen molar-refractivity contribution in [1.82, 2.24) is 5.32 Å². The first-order valence-corrected chi connectivity index (χ1v) is 11.1. The van der Waals surface area contributed by atoms with Crippen LogP contribution in [0.2, 0.25) is 0 Å².